The lowest BCUT2D eigenvalue weighted by molar-refractivity contribution is -0.136. The highest BCUT2D eigenvalue weighted by atomic mass is 16.5. The van der Waals surface area contributed by atoms with Gasteiger partial charge in [0.25, 0.3) is 0 Å². The van der Waals surface area contributed by atoms with E-state index in [-0.39, 0.29) is 6.42 Å². The lowest BCUT2D eigenvalue weighted by Gasteiger charge is -2.21. The Morgan fingerprint density at radius 2 is 2.31 bits per heavy atom. The Bertz CT molecular complexity index is 405. The van der Waals surface area contributed by atoms with Crippen molar-refractivity contribution in [2.45, 2.75) is 19.3 Å². The molecule has 0 amide bonds. The maximum Gasteiger partial charge on any atom is 0.491 e. The Balaban J connectivity index is 2.27. The molecule has 1 aromatic rings. The summed E-state index contributed by atoms with van der Waals surface area (Å²) >= 11 is 0. The molecule has 1 heterocycles. The molecule has 1 aliphatic heterocycles. The van der Waals surface area contributed by atoms with Crippen LogP contribution in [0.25, 0.3) is 0 Å². The molecule has 0 unspecified atom stereocenters. The van der Waals surface area contributed by atoms with Crippen LogP contribution in [-0.2, 0) is 22.3 Å². The normalized spacial score (nSPS) is 14.7. The molecule has 2 rings (SSSR count). The summed E-state index contributed by atoms with van der Waals surface area (Å²) in [5, 5.41) is 18.4. The second-order valence-electron chi connectivity index (χ2n) is 3.86. The van der Waals surface area contributed by atoms with Gasteiger partial charge in [-0.3, -0.25) is 4.79 Å². The Morgan fingerprint density at radius 1 is 1.50 bits per heavy atom. The topological polar surface area (TPSA) is 66.8 Å². The van der Waals surface area contributed by atoms with Crippen molar-refractivity contribution in [3.05, 3.63) is 29.3 Å². The molecule has 0 spiro atoms. The SMILES string of the molecule is O=C(O)CCc1cccc2c1B(O)OCC2. The zero-order valence-corrected chi connectivity index (χ0v) is 8.85. The van der Waals surface area contributed by atoms with E-state index < -0.39 is 13.1 Å². The van der Waals surface area contributed by atoms with Gasteiger partial charge in [-0.2, -0.15) is 0 Å². The first kappa shape index (κ1) is 11.2. The number of benzene rings is 1. The monoisotopic (exact) mass is 220 g/mol. The number of carboxylic acids is 1. The van der Waals surface area contributed by atoms with Crippen molar-refractivity contribution in [1.82, 2.24) is 0 Å². The van der Waals surface area contributed by atoms with Crippen LogP contribution in [0.3, 0.4) is 0 Å². The van der Waals surface area contributed by atoms with Gasteiger partial charge >= 0.3 is 13.1 Å². The molecule has 16 heavy (non-hydrogen) atoms. The number of aryl methyl sites for hydroxylation is 1. The Labute approximate surface area is 94.0 Å². The number of rotatable bonds is 3. The van der Waals surface area contributed by atoms with Crippen LogP contribution in [0.1, 0.15) is 17.5 Å². The molecule has 5 heteroatoms. The fourth-order valence-electron chi connectivity index (χ4n) is 2.02. The summed E-state index contributed by atoms with van der Waals surface area (Å²) < 4.78 is 5.16. The molecule has 0 saturated heterocycles. The largest absolute Gasteiger partial charge is 0.491 e. The molecule has 4 nitrogen and oxygen atoms in total. The summed E-state index contributed by atoms with van der Waals surface area (Å²) in [6.45, 7) is 0.510. The number of aliphatic carboxylic acids is 1. The van der Waals surface area contributed by atoms with Crippen LogP contribution in [0, 0.1) is 0 Å². The van der Waals surface area contributed by atoms with Gasteiger partial charge in [-0.05, 0) is 29.4 Å². The highest BCUT2D eigenvalue weighted by Gasteiger charge is 2.27. The van der Waals surface area contributed by atoms with E-state index in [1.165, 1.54) is 0 Å². The van der Waals surface area contributed by atoms with Crippen molar-refractivity contribution < 1.29 is 19.6 Å². The van der Waals surface area contributed by atoms with Gasteiger partial charge in [-0.1, -0.05) is 18.2 Å². The van der Waals surface area contributed by atoms with Crippen molar-refractivity contribution in [2.75, 3.05) is 6.61 Å². The number of hydrogen-bond donors (Lipinski definition) is 2. The second-order valence-corrected chi connectivity index (χ2v) is 3.86. The van der Waals surface area contributed by atoms with Gasteiger partial charge in [0.15, 0.2) is 0 Å². The van der Waals surface area contributed by atoms with E-state index >= 15 is 0 Å². The third-order valence-corrected chi connectivity index (χ3v) is 2.79. The van der Waals surface area contributed by atoms with Gasteiger partial charge < -0.3 is 14.8 Å². The first-order chi connectivity index (χ1) is 7.68. The molecule has 1 aliphatic rings. The van der Waals surface area contributed by atoms with Crippen LogP contribution in [0.5, 0.6) is 0 Å². The van der Waals surface area contributed by atoms with Crippen molar-refractivity contribution in [3.8, 4) is 0 Å². The van der Waals surface area contributed by atoms with E-state index in [0.717, 1.165) is 23.0 Å². The quantitative estimate of drug-likeness (QED) is 0.701. The molecule has 0 radical (unpaired) electrons. The Hall–Kier alpha value is -1.33. The fourth-order valence-corrected chi connectivity index (χ4v) is 2.02. The average molecular weight is 220 g/mol. The van der Waals surface area contributed by atoms with E-state index in [1.807, 2.05) is 18.2 Å². The van der Waals surface area contributed by atoms with E-state index in [1.54, 1.807) is 0 Å². The van der Waals surface area contributed by atoms with E-state index in [4.69, 9.17) is 9.76 Å². The molecule has 1 aromatic carbocycles. The van der Waals surface area contributed by atoms with Gasteiger partial charge in [0, 0.05) is 13.0 Å². The average Bonchev–Trinajstić information content (AvgIpc) is 2.26. The maximum atomic E-state index is 10.5. The highest BCUT2D eigenvalue weighted by molar-refractivity contribution is 6.61. The predicted molar refractivity (Wildman–Crippen MR) is 59.7 cm³/mol. The number of carbonyl (C=O) groups is 1. The first-order valence-corrected chi connectivity index (χ1v) is 5.30. The smallest absolute Gasteiger partial charge is 0.481 e. The number of hydrogen-bond acceptors (Lipinski definition) is 3. The minimum Gasteiger partial charge on any atom is -0.481 e. The molecule has 0 saturated carbocycles. The minimum absolute atomic E-state index is 0.0726. The molecular formula is C11H13BO4. The minimum atomic E-state index is -0.909. The summed E-state index contributed by atoms with van der Waals surface area (Å²) in [6.07, 6.45) is 1.27. The summed E-state index contributed by atoms with van der Waals surface area (Å²) in [5.41, 5.74) is 2.68. The standard InChI is InChI=1S/C11H13BO4/c13-10(14)5-4-8-2-1-3-9-6-7-16-12(15)11(8)9/h1-3,15H,4-7H2,(H,13,14). The van der Waals surface area contributed by atoms with Gasteiger partial charge in [0.05, 0.1) is 0 Å². The summed E-state index contributed by atoms with van der Waals surface area (Å²) in [5.74, 6) is -0.830. The Kier molecular flexibility index (Phi) is 3.26. The highest BCUT2D eigenvalue weighted by Crippen LogP contribution is 2.11. The Morgan fingerprint density at radius 3 is 3.06 bits per heavy atom. The van der Waals surface area contributed by atoms with Gasteiger partial charge in [0.2, 0.25) is 0 Å². The van der Waals surface area contributed by atoms with Crippen LogP contribution < -0.4 is 5.46 Å². The third kappa shape index (κ3) is 2.26. The van der Waals surface area contributed by atoms with E-state index in [9.17, 15) is 9.82 Å². The number of fused-ring (bicyclic) bond motifs is 1. The van der Waals surface area contributed by atoms with Crippen LogP contribution in [0.4, 0.5) is 0 Å². The molecular weight excluding hydrogens is 207 g/mol. The van der Waals surface area contributed by atoms with E-state index in [0.29, 0.717) is 13.0 Å². The van der Waals surface area contributed by atoms with Crippen molar-refractivity contribution in [3.63, 3.8) is 0 Å². The molecule has 2 N–H and O–H groups in total. The predicted octanol–water partition coefficient (Wildman–Crippen LogP) is -0.0360. The molecule has 0 aliphatic carbocycles. The molecule has 0 atom stereocenters. The lowest BCUT2D eigenvalue weighted by Crippen LogP contribution is -2.43. The van der Waals surface area contributed by atoms with Gasteiger partial charge in [-0.15, -0.1) is 0 Å². The van der Waals surface area contributed by atoms with Crippen LogP contribution in [0.15, 0.2) is 18.2 Å². The third-order valence-electron chi connectivity index (χ3n) is 2.79. The van der Waals surface area contributed by atoms with E-state index in [2.05, 4.69) is 0 Å². The van der Waals surface area contributed by atoms with Crippen LogP contribution in [0.2, 0.25) is 0 Å². The molecule has 0 fully saturated rings. The summed E-state index contributed by atoms with van der Waals surface area (Å²) in [4.78, 5) is 10.5. The van der Waals surface area contributed by atoms with Gasteiger partial charge in [-0.25, -0.2) is 0 Å². The van der Waals surface area contributed by atoms with Crippen molar-refractivity contribution in [1.29, 1.82) is 0 Å². The van der Waals surface area contributed by atoms with Gasteiger partial charge in [0.1, 0.15) is 0 Å². The zero-order chi connectivity index (χ0) is 11.5. The summed E-state index contributed by atoms with van der Waals surface area (Å²) in [7, 11) is -0.909. The molecule has 84 valence electrons. The number of carboxylic acid groups (broad SMARTS) is 1. The van der Waals surface area contributed by atoms with Crippen LogP contribution >= 0.6 is 0 Å². The fraction of sp³-hybridized carbons (Fsp3) is 0.364. The lowest BCUT2D eigenvalue weighted by atomic mass is 9.70. The summed E-state index contributed by atoms with van der Waals surface area (Å²) in [6, 6.07) is 5.69. The first-order valence-electron chi connectivity index (χ1n) is 5.30. The second kappa shape index (κ2) is 4.68. The molecule has 0 bridgehead atoms. The van der Waals surface area contributed by atoms with Crippen LogP contribution in [-0.4, -0.2) is 29.8 Å². The maximum absolute atomic E-state index is 10.5. The zero-order valence-electron chi connectivity index (χ0n) is 8.85. The molecule has 0 aromatic heterocycles. The van der Waals surface area contributed by atoms with Crippen molar-refractivity contribution in [2.24, 2.45) is 0 Å². The van der Waals surface area contributed by atoms with Crippen molar-refractivity contribution >= 4 is 18.6 Å².